The highest BCUT2D eigenvalue weighted by Gasteiger charge is 2.29. The largest absolute Gasteiger partial charge is 0.351 e. The lowest BCUT2D eigenvalue weighted by molar-refractivity contribution is 0.0947. The quantitative estimate of drug-likeness (QED) is 0.340. The Kier molecular flexibility index (Phi) is 8.60. The number of para-hydroxylation sites is 2. The predicted molar refractivity (Wildman–Crippen MR) is 164 cm³/mol. The van der Waals surface area contributed by atoms with Gasteiger partial charge in [-0.1, -0.05) is 41.7 Å². The second-order valence-corrected chi connectivity index (χ2v) is 12.8. The number of benzene rings is 3. The molecule has 0 radical (unpaired) electrons. The average molecular weight is 598 g/mol. The number of carbonyl (C=O) groups is 1. The lowest BCUT2D eigenvalue weighted by atomic mass is 10.0. The van der Waals surface area contributed by atoms with Crippen LogP contribution in [0.15, 0.2) is 77.7 Å². The van der Waals surface area contributed by atoms with Gasteiger partial charge in [0.05, 0.1) is 20.8 Å². The summed E-state index contributed by atoms with van der Waals surface area (Å²) in [5, 5.41) is 4.05. The van der Waals surface area contributed by atoms with Gasteiger partial charge in [0.1, 0.15) is 0 Å². The van der Waals surface area contributed by atoms with E-state index >= 15 is 0 Å². The number of aromatic nitrogens is 1. The molecule has 2 aliphatic rings. The zero-order chi connectivity index (χ0) is 26.8. The molecule has 0 bridgehead atoms. The molecule has 3 aromatic carbocycles. The molecule has 2 aliphatic heterocycles. The maximum Gasteiger partial charge on any atom is 0.264 e. The summed E-state index contributed by atoms with van der Waals surface area (Å²) in [6, 6.07) is 22.1. The minimum absolute atomic E-state index is 0. The Morgan fingerprint density at radius 2 is 1.62 bits per heavy atom. The highest BCUT2D eigenvalue weighted by Crippen LogP contribution is 2.32. The summed E-state index contributed by atoms with van der Waals surface area (Å²) in [4.78, 5) is 22.4. The molecule has 40 heavy (non-hydrogen) atoms. The van der Waals surface area contributed by atoms with Crippen LogP contribution in [0.4, 0.5) is 10.8 Å². The van der Waals surface area contributed by atoms with Crippen molar-refractivity contribution in [2.45, 2.75) is 17.7 Å². The van der Waals surface area contributed by atoms with Crippen LogP contribution in [0.5, 0.6) is 0 Å². The number of hydrogen-bond acceptors (Lipinski definition) is 7. The number of aryl methyl sites for hydroxylation is 1. The third-order valence-electron chi connectivity index (χ3n) is 7.41. The zero-order valence-electron chi connectivity index (χ0n) is 22.0. The fourth-order valence-electron chi connectivity index (χ4n) is 5.24. The molecule has 11 heteroatoms. The Balaban J connectivity index is 0.00000323. The van der Waals surface area contributed by atoms with Crippen molar-refractivity contribution in [1.29, 1.82) is 0 Å². The van der Waals surface area contributed by atoms with Crippen LogP contribution < -0.4 is 14.5 Å². The molecule has 0 saturated carbocycles. The maximum absolute atomic E-state index is 13.4. The Morgan fingerprint density at radius 1 is 0.900 bits per heavy atom. The van der Waals surface area contributed by atoms with Crippen molar-refractivity contribution in [2.24, 2.45) is 0 Å². The smallest absolute Gasteiger partial charge is 0.264 e. The third kappa shape index (κ3) is 5.81. The third-order valence-corrected chi connectivity index (χ3v) is 10.3. The normalized spacial score (nSPS) is 15.9. The molecule has 0 aliphatic carbocycles. The summed E-state index contributed by atoms with van der Waals surface area (Å²) >= 11 is 1.73. The molecule has 4 aromatic rings. The monoisotopic (exact) mass is 597 g/mol. The number of thiazole rings is 1. The van der Waals surface area contributed by atoms with Crippen LogP contribution in [-0.4, -0.2) is 70.0 Å². The first-order valence-corrected chi connectivity index (χ1v) is 15.6. The van der Waals surface area contributed by atoms with Crippen LogP contribution in [0.1, 0.15) is 22.3 Å². The minimum atomic E-state index is -3.69. The van der Waals surface area contributed by atoms with Gasteiger partial charge in [0.2, 0.25) is 0 Å². The van der Waals surface area contributed by atoms with E-state index in [1.807, 2.05) is 36.4 Å². The van der Waals surface area contributed by atoms with Crippen molar-refractivity contribution in [3.05, 3.63) is 83.9 Å². The number of piperazine rings is 1. The summed E-state index contributed by atoms with van der Waals surface area (Å²) in [6.45, 7) is 5.40. The first-order valence-electron chi connectivity index (χ1n) is 13.3. The van der Waals surface area contributed by atoms with Gasteiger partial charge in [-0.15, -0.1) is 12.4 Å². The van der Waals surface area contributed by atoms with E-state index in [9.17, 15) is 13.2 Å². The van der Waals surface area contributed by atoms with Crippen LogP contribution in [0.25, 0.3) is 10.2 Å². The summed E-state index contributed by atoms with van der Waals surface area (Å²) in [5.41, 5.74) is 3.28. The predicted octanol–water partition coefficient (Wildman–Crippen LogP) is 4.41. The number of rotatable bonds is 7. The molecule has 210 valence electrons. The molecular formula is C29H32ClN5O3S2. The Morgan fingerprint density at radius 3 is 2.40 bits per heavy atom. The van der Waals surface area contributed by atoms with Gasteiger partial charge in [-0.05, 0) is 60.9 Å². The molecule has 6 rings (SSSR count). The van der Waals surface area contributed by atoms with Gasteiger partial charge in [0, 0.05) is 51.4 Å². The molecule has 0 atom stereocenters. The van der Waals surface area contributed by atoms with Crippen molar-refractivity contribution in [2.75, 3.05) is 55.0 Å². The van der Waals surface area contributed by atoms with Gasteiger partial charge in [0.15, 0.2) is 5.13 Å². The number of nitrogens with zero attached hydrogens (tertiary/aromatic N) is 4. The van der Waals surface area contributed by atoms with Crippen LogP contribution in [-0.2, 0) is 16.4 Å². The highest BCUT2D eigenvalue weighted by molar-refractivity contribution is 7.92. The minimum Gasteiger partial charge on any atom is -0.351 e. The Labute approximate surface area is 245 Å². The maximum atomic E-state index is 13.4. The lowest BCUT2D eigenvalue weighted by Gasteiger charge is -2.34. The summed E-state index contributed by atoms with van der Waals surface area (Å²) in [5.74, 6) is -0.199. The van der Waals surface area contributed by atoms with Crippen LogP contribution in [0, 0.1) is 0 Å². The number of anilines is 2. The number of halogens is 1. The van der Waals surface area contributed by atoms with E-state index in [1.54, 1.807) is 23.5 Å². The number of sulfonamides is 1. The fourth-order valence-corrected chi connectivity index (χ4v) is 7.80. The summed E-state index contributed by atoms with van der Waals surface area (Å²) in [6.07, 6.45) is 1.66. The molecule has 1 amide bonds. The van der Waals surface area contributed by atoms with Crippen LogP contribution in [0.2, 0.25) is 0 Å². The summed E-state index contributed by atoms with van der Waals surface area (Å²) in [7, 11) is -3.69. The van der Waals surface area contributed by atoms with Gasteiger partial charge in [-0.2, -0.15) is 0 Å². The Hall–Kier alpha value is -3.18. The van der Waals surface area contributed by atoms with Crippen molar-refractivity contribution in [3.63, 3.8) is 0 Å². The molecule has 1 fully saturated rings. The van der Waals surface area contributed by atoms with Gasteiger partial charge >= 0.3 is 0 Å². The highest BCUT2D eigenvalue weighted by atomic mass is 35.5. The van der Waals surface area contributed by atoms with E-state index in [1.165, 1.54) is 21.1 Å². The zero-order valence-corrected chi connectivity index (χ0v) is 24.5. The molecule has 1 N–H and O–H groups in total. The van der Waals surface area contributed by atoms with Gasteiger partial charge < -0.3 is 10.2 Å². The van der Waals surface area contributed by atoms with E-state index in [2.05, 4.69) is 27.2 Å². The van der Waals surface area contributed by atoms with Crippen molar-refractivity contribution in [3.8, 4) is 0 Å². The van der Waals surface area contributed by atoms with E-state index in [0.29, 0.717) is 18.7 Å². The molecule has 1 aromatic heterocycles. The molecule has 0 unspecified atom stereocenters. The van der Waals surface area contributed by atoms with Crippen molar-refractivity contribution in [1.82, 2.24) is 15.2 Å². The molecule has 1 saturated heterocycles. The van der Waals surface area contributed by atoms with Gasteiger partial charge in [-0.3, -0.25) is 14.0 Å². The summed E-state index contributed by atoms with van der Waals surface area (Å²) < 4.78 is 29.4. The van der Waals surface area contributed by atoms with E-state index < -0.39 is 10.0 Å². The second kappa shape index (κ2) is 12.1. The second-order valence-electron chi connectivity index (χ2n) is 9.88. The lowest BCUT2D eigenvalue weighted by Crippen LogP contribution is -2.48. The fraction of sp³-hybridized carbons (Fsp3) is 0.310. The SMILES string of the molecule is Cl.O=C(NCCN1CCN(c2nc3ccccc3s2)CC1)c1ccc(S(=O)(=O)N2CCCc3ccccc32)cc1. The number of nitrogens with one attached hydrogen (secondary N) is 1. The van der Waals surface area contributed by atoms with E-state index in [4.69, 9.17) is 4.98 Å². The van der Waals surface area contributed by atoms with Crippen LogP contribution in [0.3, 0.4) is 0 Å². The number of amides is 1. The first-order chi connectivity index (χ1) is 19.0. The molecule has 0 spiro atoms. The molecule has 8 nitrogen and oxygen atoms in total. The standard InChI is InChI=1S/C29H31N5O3S2.ClH/c35-28(30-15-17-32-18-20-33(21-19-32)29-31-25-8-2-4-10-27(25)38-29)23-11-13-24(14-12-23)39(36,37)34-16-5-7-22-6-1-3-9-26(22)34;/h1-4,6,8-14H,5,7,15-21H2,(H,30,35);1H. The van der Waals surface area contributed by atoms with Gasteiger partial charge in [-0.25, -0.2) is 13.4 Å². The number of carbonyl (C=O) groups excluding carboxylic acids is 1. The average Bonchev–Trinajstić information content (AvgIpc) is 3.42. The van der Waals surface area contributed by atoms with E-state index in [0.717, 1.165) is 67.5 Å². The Bertz CT molecular complexity index is 1550. The number of hydrogen-bond donors (Lipinski definition) is 1. The first kappa shape index (κ1) is 28.4. The van der Waals surface area contributed by atoms with Crippen LogP contribution >= 0.6 is 23.7 Å². The van der Waals surface area contributed by atoms with E-state index in [-0.39, 0.29) is 23.2 Å². The molecular weight excluding hydrogens is 566 g/mol. The topological polar surface area (TPSA) is 85.9 Å². The van der Waals surface area contributed by atoms with Crippen molar-refractivity contribution >= 4 is 60.7 Å². The number of fused-ring (bicyclic) bond motifs is 2. The van der Waals surface area contributed by atoms with Crippen molar-refractivity contribution < 1.29 is 13.2 Å². The molecule has 3 heterocycles. The van der Waals surface area contributed by atoms with Gasteiger partial charge in [0.25, 0.3) is 15.9 Å².